The molecule has 2 aromatic heterocycles. The van der Waals surface area contributed by atoms with E-state index in [2.05, 4.69) is 38.1 Å². The number of aromatic amines is 2. The number of rotatable bonds is 2. The molecule has 0 aliphatic carbocycles. The number of aromatic nitrogens is 4. The van der Waals surface area contributed by atoms with E-state index in [0.29, 0.717) is 11.2 Å². The summed E-state index contributed by atoms with van der Waals surface area (Å²) >= 11 is 4.38. The van der Waals surface area contributed by atoms with Crippen LogP contribution in [0.15, 0.2) is 4.79 Å². The van der Waals surface area contributed by atoms with E-state index in [1.807, 2.05) is 0 Å². The van der Waals surface area contributed by atoms with Crippen LogP contribution < -0.4 is 16.6 Å². The van der Waals surface area contributed by atoms with Crippen LogP contribution in [-0.2, 0) is 0 Å². The van der Waals surface area contributed by atoms with Crippen LogP contribution >= 0.6 is 12.6 Å². The number of nitrogens with zero attached hydrogens (tertiary/aromatic N) is 2. The van der Waals surface area contributed by atoms with Gasteiger partial charge >= 0.3 is 0 Å². The van der Waals surface area contributed by atoms with Gasteiger partial charge in [-0.2, -0.15) is 17.7 Å². The molecule has 9 nitrogen and oxygen atoms in total. The fourth-order valence-electron chi connectivity index (χ4n) is 2.65. The summed E-state index contributed by atoms with van der Waals surface area (Å²) in [5, 5.41) is 29.1. The van der Waals surface area contributed by atoms with Gasteiger partial charge in [0.25, 0.3) is 5.56 Å². The van der Waals surface area contributed by atoms with Crippen LogP contribution in [0.1, 0.15) is 18.7 Å². The number of anilines is 1. The monoisotopic (exact) mass is 312 g/mol. The summed E-state index contributed by atoms with van der Waals surface area (Å²) < 4.78 is 0. The van der Waals surface area contributed by atoms with Gasteiger partial charge < -0.3 is 15.9 Å². The fourth-order valence-corrected chi connectivity index (χ4v) is 3.08. The van der Waals surface area contributed by atoms with Crippen LogP contribution in [0.4, 0.5) is 5.95 Å². The Hall–Kier alpha value is -1.62. The van der Waals surface area contributed by atoms with Crippen molar-refractivity contribution in [2.24, 2.45) is 0 Å². The fraction of sp³-hybridized carbons (Fsp3) is 0.545. The zero-order chi connectivity index (χ0) is 15.3. The topological polar surface area (TPSA) is 153 Å². The van der Waals surface area contributed by atoms with E-state index in [1.54, 1.807) is 6.92 Å². The molecule has 1 unspecified atom stereocenters. The Bertz CT molecular complexity index is 728. The van der Waals surface area contributed by atoms with Gasteiger partial charge in [-0.05, 0) is 6.92 Å². The van der Waals surface area contributed by atoms with E-state index in [-0.39, 0.29) is 11.5 Å². The highest BCUT2D eigenvalue weighted by atomic mass is 32.1. The maximum atomic E-state index is 11.8. The number of nitrogens with one attached hydrogen (secondary N) is 3. The molecule has 10 heteroatoms. The van der Waals surface area contributed by atoms with Crippen molar-refractivity contribution in [1.29, 1.82) is 0 Å². The second-order valence-corrected chi connectivity index (χ2v) is 5.77. The van der Waals surface area contributed by atoms with Crippen molar-refractivity contribution in [3.63, 3.8) is 0 Å². The lowest BCUT2D eigenvalue weighted by Crippen LogP contribution is -2.41. The first-order chi connectivity index (χ1) is 9.90. The van der Waals surface area contributed by atoms with Crippen LogP contribution in [0, 0.1) is 0 Å². The molecular weight excluding hydrogens is 296 g/mol. The van der Waals surface area contributed by atoms with Crippen molar-refractivity contribution in [3.05, 3.63) is 16.0 Å². The average Bonchev–Trinajstić information content (AvgIpc) is 2.93. The number of hydrogen-bond donors (Lipinski definition) is 7. The molecule has 114 valence electrons. The maximum absolute atomic E-state index is 11.8. The number of fused-ring (bicyclic) bond motifs is 1. The second kappa shape index (κ2) is 4.98. The molecule has 0 radical (unpaired) electrons. The molecule has 3 rings (SSSR count). The average molecular weight is 312 g/mol. The van der Waals surface area contributed by atoms with Gasteiger partial charge in [-0.3, -0.25) is 20.2 Å². The van der Waals surface area contributed by atoms with E-state index in [9.17, 15) is 15.0 Å². The molecule has 3 heterocycles. The van der Waals surface area contributed by atoms with Gasteiger partial charge in [-0.1, -0.05) is 0 Å². The molecular formula is C11H16N6O3S. The quantitative estimate of drug-likeness (QED) is 0.326. The van der Waals surface area contributed by atoms with E-state index < -0.39 is 35.1 Å². The van der Waals surface area contributed by atoms with E-state index in [4.69, 9.17) is 5.73 Å². The summed E-state index contributed by atoms with van der Waals surface area (Å²) in [4.78, 5) is 18.2. The van der Waals surface area contributed by atoms with E-state index in [1.165, 1.54) is 0 Å². The molecule has 1 fully saturated rings. The van der Waals surface area contributed by atoms with Crippen LogP contribution in [-0.4, -0.2) is 53.9 Å². The standard InChI is InChI=1S/C11H16N6O3S/c1-2(18)3-8(19)9(21)6(13-3)5-4-7(17-16-5)10(20)15-11(12)14-4/h2-3,6,8-9,13,18-19,21H,1H3,(H,16,17)(H3,12,14,15,20)/t2?,3-,6+,8-,9+/m1/s1. The summed E-state index contributed by atoms with van der Waals surface area (Å²) in [7, 11) is 0. The third-order valence-corrected chi connectivity index (χ3v) is 4.32. The summed E-state index contributed by atoms with van der Waals surface area (Å²) in [6, 6.07) is -0.975. The lowest BCUT2D eigenvalue weighted by atomic mass is 10.1. The Morgan fingerprint density at radius 2 is 2.14 bits per heavy atom. The molecule has 5 atom stereocenters. The molecule has 2 aromatic rings. The SMILES string of the molecule is CC(O)[C@H]1N[C@@H](c2[nH]nc3c(=O)[nH]c(N)nc23)[C@H](S)[C@@H]1O. The summed E-state index contributed by atoms with van der Waals surface area (Å²) in [5.74, 6) is -0.0171. The first-order valence-electron chi connectivity index (χ1n) is 6.44. The highest BCUT2D eigenvalue weighted by Crippen LogP contribution is 2.33. The van der Waals surface area contributed by atoms with Crippen LogP contribution in [0.3, 0.4) is 0 Å². The largest absolute Gasteiger partial charge is 0.392 e. The van der Waals surface area contributed by atoms with Gasteiger partial charge in [0.2, 0.25) is 5.95 Å². The first-order valence-corrected chi connectivity index (χ1v) is 6.95. The summed E-state index contributed by atoms with van der Waals surface area (Å²) in [5.41, 5.74) is 6.07. The van der Waals surface area contributed by atoms with Gasteiger partial charge in [0.1, 0.15) is 5.52 Å². The zero-order valence-electron chi connectivity index (χ0n) is 11.1. The molecule has 1 aliphatic heterocycles. The van der Waals surface area contributed by atoms with Crippen LogP contribution in [0.2, 0.25) is 0 Å². The summed E-state index contributed by atoms with van der Waals surface area (Å²) in [6.45, 7) is 1.58. The molecule has 0 aromatic carbocycles. The first kappa shape index (κ1) is 14.3. The highest BCUT2D eigenvalue weighted by Gasteiger charge is 2.44. The van der Waals surface area contributed by atoms with Crippen molar-refractivity contribution < 1.29 is 10.2 Å². The van der Waals surface area contributed by atoms with Gasteiger partial charge in [-0.25, -0.2) is 4.98 Å². The number of H-pyrrole nitrogens is 2. The third kappa shape index (κ3) is 2.20. The number of aliphatic hydroxyl groups excluding tert-OH is 2. The van der Waals surface area contributed by atoms with E-state index in [0.717, 1.165) is 0 Å². The smallest absolute Gasteiger partial charge is 0.280 e. The van der Waals surface area contributed by atoms with Crippen LogP contribution in [0.5, 0.6) is 0 Å². The minimum absolute atomic E-state index is 0.0171. The van der Waals surface area contributed by atoms with Crippen molar-refractivity contribution in [2.75, 3.05) is 5.73 Å². The normalized spacial score (nSPS) is 30.9. The van der Waals surface area contributed by atoms with Crippen molar-refractivity contribution >= 4 is 29.6 Å². The number of nitrogens with two attached hydrogens (primary N) is 1. The van der Waals surface area contributed by atoms with Crippen molar-refractivity contribution in [2.45, 2.75) is 36.5 Å². The summed E-state index contributed by atoms with van der Waals surface area (Å²) in [6.07, 6.45) is -1.61. The third-order valence-electron chi connectivity index (χ3n) is 3.72. The lowest BCUT2D eigenvalue weighted by Gasteiger charge is -2.18. The molecule has 0 bridgehead atoms. The van der Waals surface area contributed by atoms with Gasteiger partial charge in [0.15, 0.2) is 5.52 Å². The Labute approximate surface area is 124 Å². The van der Waals surface area contributed by atoms with E-state index >= 15 is 0 Å². The minimum Gasteiger partial charge on any atom is -0.392 e. The Morgan fingerprint density at radius 1 is 1.43 bits per heavy atom. The number of thiol groups is 1. The second-order valence-electron chi connectivity index (χ2n) is 5.18. The minimum atomic E-state index is -0.851. The number of hydrogen-bond acceptors (Lipinski definition) is 8. The van der Waals surface area contributed by atoms with Gasteiger partial charge in [0, 0.05) is 0 Å². The lowest BCUT2D eigenvalue weighted by molar-refractivity contribution is 0.0755. The van der Waals surface area contributed by atoms with Gasteiger partial charge in [-0.15, -0.1) is 0 Å². The Balaban J connectivity index is 2.07. The molecule has 1 aliphatic rings. The maximum Gasteiger partial charge on any atom is 0.280 e. The predicted octanol–water partition coefficient (Wildman–Crippen LogP) is -1.72. The number of nitrogen functional groups attached to an aromatic ring is 1. The van der Waals surface area contributed by atoms with Crippen LogP contribution in [0.25, 0.3) is 11.0 Å². The molecule has 0 saturated carbocycles. The number of aliphatic hydroxyl groups is 2. The molecule has 7 N–H and O–H groups in total. The molecule has 21 heavy (non-hydrogen) atoms. The Morgan fingerprint density at radius 3 is 2.76 bits per heavy atom. The molecule has 0 amide bonds. The highest BCUT2D eigenvalue weighted by molar-refractivity contribution is 7.81. The molecule has 0 spiro atoms. The van der Waals surface area contributed by atoms with Crippen molar-refractivity contribution in [1.82, 2.24) is 25.5 Å². The zero-order valence-corrected chi connectivity index (χ0v) is 12.0. The van der Waals surface area contributed by atoms with Crippen molar-refractivity contribution in [3.8, 4) is 0 Å². The molecule has 1 saturated heterocycles. The predicted molar refractivity (Wildman–Crippen MR) is 79.0 cm³/mol. The Kier molecular flexibility index (Phi) is 3.40. The van der Waals surface area contributed by atoms with Gasteiger partial charge in [0.05, 0.1) is 35.2 Å².